The monoisotopic (exact) mass is 261 g/mol. The lowest BCUT2D eigenvalue weighted by molar-refractivity contribution is 0.973. The van der Waals surface area contributed by atoms with Crippen LogP contribution in [0.25, 0.3) is 16.9 Å². The van der Waals surface area contributed by atoms with E-state index in [2.05, 4.69) is 59.1 Å². The van der Waals surface area contributed by atoms with E-state index in [0.29, 0.717) is 0 Å². The fraction of sp³-hybridized carbons (Fsp3) is 0.111. The van der Waals surface area contributed by atoms with E-state index < -0.39 is 0 Å². The Morgan fingerprint density at radius 2 is 1.70 bits per heavy atom. The number of hydrogen-bond donors (Lipinski definition) is 0. The molecule has 1 radical (unpaired) electrons. The quantitative estimate of drug-likeness (QED) is 0.690. The summed E-state index contributed by atoms with van der Waals surface area (Å²) in [5.74, 6) is 0.992. The molecule has 2 aromatic carbocycles. The number of rotatable bonds is 3. The van der Waals surface area contributed by atoms with E-state index in [1.807, 2.05) is 25.1 Å². The lowest BCUT2D eigenvalue weighted by atomic mass is 10.1. The molecule has 3 aromatic rings. The first kappa shape index (κ1) is 12.7. The first-order chi connectivity index (χ1) is 9.78. The van der Waals surface area contributed by atoms with Crippen molar-refractivity contribution in [2.75, 3.05) is 0 Å². The molecule has 3 rings (SSSR count). The van der Waals surface area contributed by atoms with Gasteiger partial charge in [0.2, 0.25) is 0 Å². The minimum absolute atomic E-state index is 0.818. The summed E-state index contributed by atoms with van der Waals surface area (Å²) >= 11 is 0. The summed E-state index contributed by atoms with van der Waals surface area (Å²) in [6.07, 6.45) is 2.91. The maximum Gasteiger partial charge on any atom is 0.110 e. The Hall–Kier alpha value is -2.35. The Balaban J connectivity index is 2.00. The van der Waals surface area contributed by atoms with E-state index in [1.54, 1.807) is 0 Å². The van der Waals surface area contributed by atoms with Crippen molar-refractivity contribution < 1.29 is 0 Å². The van der Waals surface area contributed by atoms with Crippen LogP contribution in [0, 0.1) is 13.8 Å². The van der Waals surface area contributed by atoms with Gasteiger partial charge in [-0.25, -0.2) is 4.98 Å². The fourth-order valence-corrected chi connectivity index (χ4v) is 2.31. The van der Waals surface area contributed by atoms with Crippen LogP contribution < -0.4 is 0 Å². The molecule has 0 saturated carbocycles. The molecule has 0 aliphatic rings. The summed E-state index contributed by atoms with van der Waals surface area (Å²) in [5, 5.41) is 0. The van der Waals surface area contributed by atoms with Crippen molar-refractivity contribution in [2.24, 2.45) is 0 Å². The summed E-state index contributed by atoms with van der Waals surface area (Å²) in [6, 6.07) is 18.7. The van der Waals surface area contributed by atoms with Crippen LogP contribution in [0.3, 0.4) is 0 Å². The molecule has 1 aromatic heterocycles. The fourth-order valence-electron chi connectivity index (χ4n) is 2.31. The highest BCUT2D eigenvalue weighted by molar-refractivity contribution is 5.59. The molecule has 0 amide bonds. The molecule has 0 fully saturated rings. The van der Waals surface area contributed by atoms with Gasteiger partial charge >= 0.3 is 0 Å². The SMILES string of the molecule is [CH2]Cc1ccc(-n2cc(-c3ccccc3)nc2C)cc1. The van der Waals surface area contributed by atoms with Crippen molar-refractivity contribution in [3.63, 3.8) is 0 Å². The maximum atomic E-state index is 4.65. The molecule has 20 heavy (non-hydrogen) atoms. The first-order valence-electron chi connectivity index (χ1n) is 6.78. The molecular weight excluding hydrogens is 244 g/mol. The van der Waals surface area contributed by atoms with Gasteiger partial charge in [-0.05, 0) is 38.0 Å². The lowest BCUT2D eigenvalue weighted by Crippen LogP contribution is -1.95. The van der Waals surface area contributed by atoms with Gasteiger partial charge in [-0.15, -0.1) is 0 Å². The summed E-state index contributed by atoms with van der Waals surface area (Å²) in [6.45, 7) is 5.93. The number of nitrogens with zero attached hydrogens (tertiary/aromatic N) is 2. The second kappa shape index (κ2) is 5.33. The number of hydrogen-bond acceptors (Lipinski definition) is 1. The summed E-state index contributed by atoms with van der Waals surface area (Å²) in [5.41, 5.74) is 4.53. The van der Waals surface area contributed by atoms with Gasteiger partial charge in [-0.1, -0.05) is 42.5 Å². The summed E-state index contributed by atoms with van der Waals surface area (Å²) in [7, 11) is 0. The van der Waals surface area contributed by atoms with Gasteiger partial charge in [0, 0.05) is 17.4 Å². The second-order valence-corrected chi connectivity index (χ2v) is 4.83. The Kier molecular flexibility index (Phi) is 3.38. The van der Waals surface area contributed by atoms with Gasteiger partial charge in [0.1, 0.15) is 5.82 Å². The van der Waals surface area contributed by atoms with Gasteiger partial charge < -0.3 is 4.57 Å². The molecule has 0 atom stereocenters. The molecule has 0 aliphatic carbocycles. The van der Waals surface area contributed by atoms with E-state index in [0.717, 1.165) is 29.2 Å². The molecule has 0 saturated heterocycles. The lowest BCUT2D eigenvalue weighted by Gasteiger charge is -2.05. The third kappa shape index (κ3) is 2.37. The summed E-state index contributed by atoms with van der Waals surface area (Å²) in [4.78, 5) is 4.65. The number of imidazole rings is 1. The van der Waals surface area contributed by atoms with Crippen LogP contribution in [-0.4, -0.2) is 9.55 Å². The normalized spacial score (nSPS) is 10.7. The maximum absolute atomic E-state index is 4.65. The molecule has 2 heteroatoms. The highest BCUT2D eigenvalue weighted by Gasteiger charge is 2.07. The zero-order chi connectivity index (χ0) is 13.9. The van der Waals surface area contributed by atoms with E-state index in [-0.39, 0.29) is 0 Å². The van der Waals surface area contributed by atoms with Crippen LogP contribution in [0.2, 0.25) is 0 Å². The van der Waals surface area contributed by atoms with Crippen molar-refractivity contribution in [1.29, 1.82) is 0 Å². The average Bonchev–Trinajstić information content (AvgIpc) is 2.90. The molecule has 1 heterocycles. The zero-order valence-electron chi connectivity index (χ0n) is 11.6. The first-order valence-corrected chi connectivity index (χ1v) is 6.78. The van der Waals surface area contributed by atoms with Crippen LogP contribution >= 0.6 is 0 Å². The van der Waals surface area contributed by atoms with Gasteiger partial charge in [-0.2, -0.15) is 0 Å². The van der Waals surface area contributed by atoms with Crippen LogP contribution in [-0.2, 0) is 6.42 Å². The minimum Gasteiger partial charge on any atom is -0.303 e. The third-order valence-electron chi connectivity index (χ3n) is 3.46. The zero-order valence-corrected chi connectivity index (χ0v) is 11.6. The Labute approximate surface area is 119 Å². The van der Waals surface area contributed by atoms with Crippen molar-refractivity contribution in [2.45, 2.75) is 13.3 Å². The molecule has 0 N–H and O–H groups in total. The predicted octanol–water partition coefficient (Wildman–Crippen LogP) is 4.22. The van der Waals surface area contributed by atoms with E-state index in [4.69, 9.17) is 0 Å². The standard InChI is InChI=1S/C18H17N2/c1-3-15-9-11-17(12-10-15)20-13-18(19-14(20)2)16-7-5-4-6-8-16/h4-13H,1,3H2,2H3. The third-order valence-corrected chi connectivity index (χ3v) is 3.46. The van der Waals surface area contributed by atoms with Gasteiger partial charge in [0.15, 0.2) is 0 Å². The Bertz CT molecular complexity index is 694. The van der Waals surface area contributed by atoms with Crippen LogP contribution in [0.4, 0.5) is 0 Å². The van der Waals surface area contributed by atoms with E-state index >= 15 is 0 Å². The van der Waals surface area contributed by atoms with Crippen LogP contribution in [0.5, 0.6) is 0 Å². The van der Waals surface area contributed by atoms with Gasteiger partial charge in [0.25, 0.3) is 0 Å². The number of benzene rings is 2. The minimum atomic E-state index is 0.818. The van der Waals surface area contributed by atoms with Crippen LogP contribution in [0.1, 0.15) is 11.4 Å². The molecule has 0 unspecified atom stereocenters. The van der Waals surface area contributed by atoms with E-state index in [9.17, 15) is 0 Å². The van der Waals surface area contributed by atoms with Gasteiger partial charge in [-0.3, -0.25) is 0 Å². The molecular formula is C18H17N2. The molecule has 0 bridgehead atoms. The van der Waals surface area contributed by atoms with Gasteiger partial charge in [0.05, 0.1) is 5.69 Å². The number of aryl methyl sites for hydroxylation is 1. The van der Waals surface area contributed by atoms with Crippen molar-refractivity contribution in [3.05, 3.63) is 79.1 Å². The highest BCUT2D eigenvalue weighted by atomic mass is 15.1. The molecule has 0 aliphatic heterocycles. The number of aromatic nitrogens is 2. The Morgan fingerprint density at radius 1 is 1.00 bits per heavy atom. The van der Waals surface area contributed by atoms with Crippen molar-refractivity contribution in [3.8, 4) is 16.9 Å². The molecule has 99 valence electrons. The van der Waals surface area contributed by atoms with Crippen molar-refractivity contribution in [1.82, 2.24) is 9.55 Å². The van der Waals surface area contributed by atoms with Crippen molar-refractivity contribution >= 4 is 0 Å². The van der Waals surface area contributed by atoms with E-state index in [1.165, 1.54) is 5.56 Å². The largest absolute Gasteiger partial charge is 0.303 e. The predicted molar refractivity (Wildman–Crippen MR) is 82.8 cm³/mol. The second-order valence-electron chi connectivity index (χ2n) is 4.83. The smallest absolute Gasteiger partial charge is 0.110 e. The molecule has 2 nitrogen and oxygen atoms in total. The molecule has 0 spiro atoms. The van der Waals surface area contributed by atoms with Crippen LogP contribution in [0.15, 0.2) is 60.8 Å². The Morgan fingerprint density at radius 3 is 2.35 bits per heavy atom. The highest BCUT2D eigenvalue weighted by Crippen LogP contribution is 2.21. The average molecular weight is 261 g/mol. The topological polar surface area (TPSA) is 17.8 Å². The summed E-state index contributed by atoms with van der Waals surface area (Å²) < 4.78 is 2.12.